The van der Waals surface area contributed by atoms with Crippen LogP contribution < -0.4 is 31.3 Å². The number of carbonyl (C=O) groups is 4. The number of hydrazone groups is 2. The van der Waals surface area contributed by atoms with E-state index in [1.54, 1.807) is 60.7 Å². The van der Waals surface area contributed by atoms with Crippen LogP contribution in [0.15, 0.2) is 131 Å². The average Bonchev–Trinajstić information content (AvgIpc) is 3.13. The Morgan fingerprint density at radius 1 is 0.500 bits per heavy atom. The second-order valence-electron chi connectivity index (χ2n) is 11.2. The van der Waals surface area contributed by atoms with Crippen molar-refractivity contribution in [3.8, 4) is 0 Å². The molecule has 0 aliphatic carbocycles. The zero-order valence-electron chi connectivity index (χ0n) is 28.1. The number of rotatable bonds is 13. The van der Waals surface area contributed by atoms with Crippen molar-refractivity contribution in [1.82, 2.24) is 21.5 Å². The first-order valence-electron chi connectivity index (χ1n) is 15.5. The summed E-state index contributed by atoms with van der Waals surface area (Å²) in [4.78, 5) is 55.8. The van der Waals surface area contributed by atoms with Gasteiger partial charge in [0.2, 0.25) is 0 Å². The third-order valence-electron chi connectivity index (χ3n) is 7.05. The van der Waals surface area contributed by atoms with Crippen LogP contribution in [0.1, 0.15) is 31.8 Å². The van der Waals surface area contributed by atoms with E-state index in [9.17, 15) is 19.2 Å². The summed E-state index contributed by atoms with van der Waals surface area (Å²) in [5.74, 6) is -2.31. The van der Waals surface area contributed by atoms with Crippen LogP contribution in [-0.4, -0.2) is 64.2 Å². The number of nitrogens with one attached hydrogen (secondary N) is 4. The minimum absolute atomic E-state index is 0.0404. The molecule has 0 fully saturated rings. The molecule has 0 saturated heterocycles. The van der Waals surface area contributed by atoms with E-state index in [0.29, 0.717) is 22.3 Å². The molecule has 0 spiro atoms. The third kappa shape index (κ3) is 10.9. The van der Waals surface area contributed by atoms with Crippen molar-refractivity contribution < 1.29 is 19.2 Å². The Morgan fingerprint density at radius 2 is 0.840 bits per heavy atom. The van der Waals surface area contributed by atoms with Crippen molar-refractivity contribution in [3.63, 3.8) is 0 Å². The van der Waals surface area contributed by atoms with Crippen molar-refractivity contribution in [3.05, 3.63) is 143 Å². The van der Waals surface area contributed by atoms with E-state index in [2.05, 4.69) is 31.7 Å². The minimum atomic E-state index is -0.686. The van der Waals surface area contributed by atoms with Crippen LogP contribution in [0.5, 0.6) is 0 Å². The molecule has 4 N–H and O–H groups in total. The second-order valence-corrected chi connectivity index (χ2v) is 11.2. The predicted octanol–water partition coefficient (Wildman–Crippen LogP) is 4.26. The highest BCUT2D eigenvalue weighted by molar-refractivity contribution is 6.17. The summed E-state index contributed by atoms with van der Waals surface area (Å²) < 4.78 is 0. The zero-order valence-corrected chi connectivity index (χ0v) is 28.1. The Bertz CT molecular complexity index is 1760. The van der Waals surface area contributed by atoms with Crippen LogP contribution in [0.3, 0.4) is 0 Å². The van der Waals surface area contributed by atoms with Gasteiger partial charge < -0.3 is 20.4 Å². The maximum atomic E-state index is 13.1. The topological polar surface area (TPSA) is 148 Å². The first-order valence-corrected chi connectivity index (χ1v) is 15.5. The first-order chi connectivity index (χ1) is 24.1. The highest BCUT2D eigenvalue weighted by Gasteiger charge is 2.16. The van der Waals surface area contributed by atoms with Gasteiger partial charge >= 0.3 is 0 Å². The summed E-state index contributed by atoms with van der Waals surface area (Å²) in [6.45, 7) is 0. The van der Waals surface area contributed by atoms with Crippen molar-refractivity contribution in [2.45, 2.75) is 0 Å². The molecule has 0 unspecified atom stereocenters. The summed E-state index contributed by atoms with van der Waals surface area (Å²) >= 11 is 0. The Labute approximate surface area is 290 Å². The van der Waals surface area contributed by atoms with E-state index >= 15 is 0 Å². The third-order valence-corrected chi connectivity index (χ3v) is 7.05. The monoisotopic (exact) mass is 670 g/mol. The second kappa shape index (κ2) is 17.9. The van der Waals surface area contributed by atoms with Crippen LogP contribution in [0.25, 0.3) is 12.2 Å². The molecule has 0 atom stereocenters. The van der Waals surface area contributed by atoms with Crippen molar-refractivity contribution >= 4 is 59.6 Å². The summed E-state index contributed by atoms with van der Waals surface area (Å²) in [6, 6.07) is 31.8. The van der Waals surface area contributed by atoms with Gasteiger partial charge in [0, 0.05) is 50.7 Å². The lowest BCUT2D eigenvalue weighted by Gasteiger charge is -2.12. The van der Waals surface area contributed by atoms with Crippen LogP contribution in [0, 0.1) is 0 Å². The van der Waals surface area contributed by atoms with Gasteiger partial charge in [-0.2, -0.15) is 10.2 Å². The number of benzene rings is 4. The molecule has 0 saturated carbocycles. The highest BCUT2D eigenvalue weighted by atomic mass is 16.2. The quantitative estimate of drug-likeness (QED) is 0.0950. The molecule has 0 bridgehead atoms. The Kier molecular flexibility index (Phi) is 12.9. The van der Waals surface area contributed by atoms with E-state index in [1.165, 1.54) is 12.2 Å². The maximum absolute atomic E-state index is 13.1. The molecule has 0 radical (unpaired) electrons. The SMILES string of the molecule is CN(C)c1ccc(C=C(NC(=O)c2ccccc2)C(=O)NN=CC=NNC(=O)C(=Cc2ccc(N(C)C)cc2)NC(=O)c2ccccc2)cc1. The maximum Gasteiger partial charge on any atom is 0.287 e. The number of nitrogens with zero attached hydrogens (tertiary/aromatic N) is 4. The normalized spacial score (nSPS) is 11.6. The lowest BCUT2D eigenvalue weighted by atomic mass is 10.1. The molecule has 0 aromatic heterocycles. The molecule has 4 aromatic carbocycles. The van der Waals surface area contributed by atoms with Gasteiger partial charge in [-0.3, -0.25) is 19.2 Å². The number of hydrogen-bond acceptors (Lipinski definition) is 8. The lowest BCUT2D eigenvalue weighted by Crippen LogP contribution is -2.33. The van der Waals surface area contributed by atoms with Gasteiger partial charge in [-0.15, -0.1) is 0 Å². The van der Waals surface area contributed by atoms with Gasteiger partial charge in [0.15, 0.2) is 0 Å². The van der Waals surface area contributed by atoms with Crippen LogP contribution in [0.2, 0.25) is 0 Å². The van der Waals surface area contributed by atoms with Gasteiger partial charge in [0.1, 0.15) is 11.4 Å². The first kappa shape index (κ1) is 36.0. The predicted molar refractivity (Wildman–Crippen MR) is 199 cm³/mol. The van der Waals surface area contributed by atoms with Crippen molar-refractivity contribution in [1.29, 1.82) is 0 Å². The molecule has 0 heterocycles. The van der Waals surface area contributed by atoms with E-state index in [4.69, 9.17) is 0 Å². The summed E-state index contributed by atoms with van der Waals surface area (Å²) in [5.41, 5.74) is 8.67. The smallest absolute Gasteiger partial charge is 0.287 e. The van der Waals surface area contributed by atoms with Gasteiger partial charge in [-0.25, -0.2) is 10.9 Å². The average molecular weight is 671 g/mol. The summed E-state index contributed by atoms with van der Waals surface area (Å²) in [6.07, 6.45) is 5.36. The van der Waals surface area contributed by atoms with E-state index in [1.807, 2.05) is 86.5 Å². The van der Waals surface area contributed by atoms with Crippen LogP contribution >= 0.6 is 0 Å². The molecule has 50 heavy (non-hydrogen) atoms. The molecule has 4 rings (SSSR count). The summed E-state index contributed by atoms with van der Waals surface area (Å²) in [7, 11) is 7.67. The standard InChI is InChI=1S/C38H38N8O4/c1-45(2)31-19-15-27(16-20-31)25-33(41-35(47)29-11-7-5-8-12-29)37(49)43-39-23-24-40-44-38(50)34(42-36(48)30-13-9-6-10-14-30)26-28-17-21-32(22-18-28)46(3)4/h5-26H,1-4H3,(H,41,47)(H,42,48)(H,43,49)(H,44,50). The Balaban J connectivity index is 1.44. The minimum Gasteiger partial charge on any atom is -0.378 e. The Hall–Kier alpha value is -6.82. The fraction of sp³-hybridized carbons (Fsp3) is 0.105. The van der Waals surface area contributed by atoms with Crippen molar-refractivity contribution in [2.75, 3.05) is 38.0 Å². The van der Waals surface area contributed by atoms with E-state index in [0.717, 1.165) is 23.8 Å². The number of carbonyl (C=O) groups excluding carboxylic acids is 4. The van der Waals surface area contributed by atoms with E-state index in [-0.39, 0.29) is 11.4 Å². The lowest BCUT2D eigenvalue weighted by molar-refractivity contribution is -0.118. The fourth-order valence-corrected chi connectivity index (χ4v) is 4.33. The fourth-order valence-electron chi connectivity index (χ4n) is 4.33. The summed E-state index contributed by atoms with van der Waals surface area (Å²) in [5, 5.41) is 13.0. The number of anilines is 2. The van der Waals surface area contributed by atoms with Crippen LogP contribution in [-0.2, 0) is 9.59 Å². The molecule has 0 aliphatic heterocycles. The number of amides is 4. The molecule has 12 nitrogen and oxygen atoms in total. The van der Waals surface area contributed by atoms with Gasteiger partial charge in [-0.05, 0) is 71.8 Å². The Morgan fingerprint density at radius 3 is 1.16 bits per heavy atom. The molecule has 4 amide bonds. The molecular formula is C38H38N8O4. The molecule has 0 aliphatic rings. The van der Waals surface area contributed by atoms with Gasteiger partial charge in [0.25, 0.3) is 23.6 Å². The number of hydrogen-bond donors (Lipinski definition) is 4. The van der Waals surface area contributed by atoms with Gasteiger partial charge in [-0.1, -0.05) is 60.7 Å². The molecule has 4 aromatic rings. The van der Waals surface area contributed by atoms with E-state index < -0.39 is 23.6 Å². The van der Waals surface area contributed by atoms with Crippen LogP contribution in [0.4, 0.5) is 11.4 Å². The molecule has 12 heteroatoms. The molecular weight excluding hydrogens is 632 g/mol. The molecule has 254 valence electrons. The zero-order chi connectivity index (χ0) is 35.9. The largest absolute Gasteiger partial charge is 0.378 e. The van der Waals surface area contributed by atoms with Gasteiger partial charge in [0.05, 0.1) is 12.4 Å². The highest BCUT2D eigenvalue weighted by Crippen LogP contribution is 2.16. The van der Waals surface area contributed by atoms with Crippen molar-refractivity contribution in [2.24, 2.45) is 10.2 Å².